The standard InChI is InChI=1S/C14H17O5.C5H10O2.Zn/c1-5-17-12(15)10-7-6-8-11(9-10)18-13(16)19-14(2,3)4;1-5(2,3)4(6)7;/h6-8H,5H2,1-4H3;1-3H3,(H,6,7);/q-1;;+2/p-1. The summed E-state index contributed by atoms with van der Waals surface area (Å²) in [4.78, 5) is 32.9. The molecule has 1 aromatic rings. The number of hydrogen-bond acceptors (Lipinski definition) is 7. The van der Waals surface area contributed by atoms with E-state index >= 15 is 0 Å². The number of ether oxygens (including phenoxy) is 3. The molecule has 1 rings (SSSR count). The number of hydrogen-bond donors (Lipinski definition) is 0. The van der Waals surface area contributed by atoms with Crippen LogP contribution in [0, 0.1) is 11.5 Å². The molecule has 0 heterocycles. The molecule has 146 valence electrons. The molecule has 0 aliphatic rings. The van der Waals surface area contributed by atoms with Crippen molar-refractivity contribution < 1.29 is 53.2 Å². The Balaban J connectivity index is 0. The van der Waals surface area contributed by atoms with Crippen molar-refractivity contribution in [1.82, 2.24) is 0 Å². The average molecular weight is 432 g/mol. The first-order valence-electron chi connectivity index (χ1n) is 8.08. The van der Waals surface area contributed by atoms with E-state index in [0.29, 0.717) is 0 Å². The van der Waals surface area contributed by atoms with Crippen LogP contribution in [0.5, 0.6) is 5.75 Å². The quantitative estimate of drug-likeness (QED) is 0.314. The van der Waals surface area contributed by atoms with Gasteiger partial charge in [-0.05, 0) is 27.7 Å². The van der Waals surface area contributed by atoms with Crippen LogP contribution in [0.4, 0.5) is 4.79 Å². The predicted octanol–water partition coefficient (Wildman–Crippen LogP) is 2.76. The third-order valence-electron chi connectivity index (χ3n) is 2.46. The summed E-state index contributed by atoms with van der Waals surface area (Å²) in [5.74, 6) is -1.41. The van der Waals surface area contributed by atoms with Crippen LogP contribution in [0.3, 0.4) is 0 Å². The molecule has 0 aromatic heterocycles. The fourth-order valence-electron chi connectivity index (χ4n) is 1.20. The van der Waals surface area contributed by atoms with Gasteiger partial charge in [0.15, 0.2) is 0 Å². The predicted molar refractivity (Wildman–Crippen MR) is 92.6 cm³/mol. The van der Waals surface area contributed by atoms with Crippen molar-refractivity contribution in [3.63, 3.8) is 0 Å². The number of rotatable bonds is 3. The Hall–Kier alpha value is -1.95. The molecule has 0 unspecified atom stereocenters. The third kappa shape index (κ3) is 13.0. The Labute approximate surface area is 173 Å². The van der Waals surface area contributed by atoms with Crippen LogP contribution in [0.25, 0.3) is 0 Å². The summed E-state index contributed by atoms with van der Waals surface area (Å²) in [6.07, 6.45) is -0.843. The van der Waals surface area contributed by atoms with Gasteiger partial charge in [-0.1, -0.05) is 32.4 Å². The number of esters is 1. The van der Waals surface area contributed by atoms with Crippen LogP contribution in [0.2, 0.25) is 0 Å². The van der Waals surface area contributed by atoms with Gasteiger partial charge in [-0.25, -0.2) is 4.79 Å². The van der Waals surface area contributed by atoms with Gasteiger partial charge in [0, 0.05) is 11.4 Å². The maximum absolute atomic E-state index is 11.5. The molecule has 0 amide bonds. The largest absolute Gasteiger partial charge is 2.00 e. The van der Waals surface area contributed by atoms with E-state index in [1.54, 1.807) is 54.5 Å². The monoisotopic (exact) mass is 430 g/mol. The van der Waals surface area contributed by atoms with Crippen LogP contribution in [-0.2, 0) is 33.7 Å². The van der Waals surface area contributed by atoms with Crippen LogP contribution in [0.1, 0.15) is 58.8 Å². The van der Waals surface area contributed by atoms with Gasteiger partial charge in [-0.15, -0.1) is 18.2 Å². The number of carbonyl (C=O) groups is 3. The first-order valence-corrected chi connectivity index (χ1v) is 8.08. The maximum Gasteiger partial charge on any atom is 2.00 e. The number of benzene rings is 1. The van der Waals surface area contributed by atoms with Gasteiger partial charge < -0.3 is 28.9 Å². The molecule has 0 atom stereocenters. The normalized spacial score (nSPS) is 10.5. The van der Waals surface area contributed by atoms with Gasteiger partial charge in [0.1, 0.15) is 5.60 Å². The van der Waals surface area contributed by atoms with Crippen molar-refractivity contribution in [2.24, 2.45) is 5.41 Å². The molecule has 0 radical (unpaired) electrons. The van der Waals surface area contributed by atoms with E-state index in [-0.39, 0.29) is 37.4 Å². The summed E-state index contributed by atoms with van der Waals surface area (Å²) < 4.78 is 14.8. The number of carboxylic acid groups (broad SMARTS) is 1. The van der Waals surface area contributed by atoms with Crippen molar-refractivity contribution in [3.8, 4) is 5.75 Å². The summed E-state index contributed by atoms with van der Waals surface area (Å²) >= 11 is 0. The van der Waals surface area contributed by atoms with Gasteiger partial charge in [-0.2, -0.15) is 0 Å². The second-order valence-corrected chi connectivity index (χ2v) is 7.25. The van der Waals surface area contributed by atoms with Gasteiger partial charge in [0.2, 0.25) is 5.97 Å². The number of carbonyl (C=O) groups excluding carboxylic acids is 3. The minimum Gasteiger partial charge on any atom is -0.550 e. The van der Waals surface area contributed by atoms with E-state index in [0.717, 1.165) is 0 Å². The van der Waals surface area contributed by atoms with E-state index in [4.69, 9.17) is 14.2 Å². The number of aliphatic carboxylic acids is 1. The van der Waals surface area contributed by atoms with Gasteiger partial charge in [0.25, 0.3) is 0 Å². The molecule has 0 N–H and O–H groups in total. The van der Waals surface area contributed by atoms with Gasteiger partial charge in [0.05, 0.1) is 12.4 Å². The van der Waals surface area contributed by atoms with E-state index < -0.39 is 29.1 Å². The molecular formula is C19H26O7Zn. The zero-order valence-electron chi connectivity index (χ0n) is 17.0. The maximum atomic E-state index is 11.5. The minimum atomic E-state index is -1.01. The second-order valence-electron chi connectivity index (χ2n) is 7.25. The molecule has 0 aliphatic carbocycles. The van der Waals surface area contributed by atoms with E-state index in [9.17, 15) is 19.5 Å². The van der Waals surface area contributed by atoms with Gasteiger partial charge in [-0.3, -0.25) is 0 Å². The molecule has 0 saturated heterocycles. The van der Waals surface area contributed by atoms with Crippen LogP contribution < -0.4 is 9.84 Å². The summed E-state index contributed by atoms with van der Waals surface area (Å²) in [6.45, 7) is 12.0. The molecule has 7 nitrogen and oxygen atoms in total. The molecule has 27 heavy (non-hydrogen) atoms. The third-order valence-corrected chi connectivity index (χ3v) is 2.46. The molecule has 1 aromatic carbocycles. The molecule has 0 fully saturated rings. The Kier molecular flexibility index (Phi) is 11.8. The zero-order chi connectivity index (χ0) is 20.5. The topological polar surface area (TPSA) is 102 Å². The molecular weight excluding hydrogens is 406 g/mol. The summed E-state index contributed by atoms with van der Waals surface area (Å²) in [5, 5.41) is 9.91. The molecule has 0 spiro atoms. The smallest absolute Gasteiger partial charge is 0.550 e. The van der Waals surface area contributed by atoms with Gasteiger partial charge >= 0.3 is 25.6 Å². The van der Waals surface area contributed by atoms with Crippen molar-refractivity contribution in [2.45, 2.75) is 54.1 Å². The SMILES string of the molecule is CC(C)(C)C(=O)[O-].CCOC(=O)c1[c-]c(OC(=O)OC(C)(C)C)ccc1.[Zn+2]. The summed E-state index contributed by atoms with van der Waals surface area (Å²) in [6, 6.07) is 7.25. The average Bonchev–Trinajstić information content (AvgIpc) is 2.45. The molecule has 8 heteroatoms. The Bertz CT molecular complexity index is 628. The fourth-order valence-corrected chi connectivity index (χ4v) is 1.20. The summed E-state index contributed by atoms with van der Waals surface area (Å²) in [7, 11) is 0. The second kappa shape index (κ2) is 11.7. The first kappa shape index (κ1) is 27.3. The number of carboxylic acids is 1. The first-order chi connectivity index (χ1) is 11.8. The van der Waals surface area contributed by atoms with E-state index in [2.05, 4.69) is 6.07 Å². The Morgan fingerprint density at radius 2 is 1.59 bits per heavy atom. The molecule has 0 bridgehead atoms. The molecule has 0 aliphatic heterocycles. The van der Waals surface area contributed by atoms with Crippen molar-refractivity contribution in [2.75, 3.05) is 6.61 Å². The summed E-state index contributed by atoms with van der Waals surface area (Å²) in [5.41, 5.74) is -1.14. The van der Waals surface area contributed by atoms with Crippen molar-refractivity contribution in [3.05, 3.63) is 29.8 Å². The Morgan fingerprint density at radius 3 is 2.00 bits per heavy atom. The van der Waals surface area contributed by atoms with Crippen LogP contribution in [0.15, 0.2) is 18.2 Å². The Morgan fingerprint density at radius 1 is 1.07 bits per heavy atom. The zero-order valence-corrected chi connectivity index (χ0v) is 20.0. The van der Waals surface area contributed by atoms with Crippen LogP contribution in [-0.4, -0.2) is 30.3 Å². The minimum absolute atomic E-state index is 0. The van der Waals surface area contributed by atoms with Crippen molar-refractivity contribution >= 4 is 18.1 Å². The van der Waals surface area contributed by atoms with E-state index in [1.807, 2.05) is 0 Å². The van der Waals surface area contributed by atoms with E-state index in [1.165, 1.54) is 12.1 Å². The molecule has 0 saturated carbocycles. The van der Waals surface area contributed by atoms with Crippen LogP contribution >= 0.6 is 0 Å². The van der Waals surface area contributed by atoms with Crippen molar-refractivity contribution in [1.29, 1.82) is 0 Å². The fraction of sp³-hybridized carbons (Fsp3) is 0.526.